The highest BCUT2D eigenvalue weighted by Gasteiger charge is 2.32. The smallest absolute Gasteiger partial charge is 0.276 e. The fourth-order valence-electron chi connectivity index (χ4n) is 2.39. The molecule has 1 aromatic rings. The van der Waals surface area contributed by atoms with Crippen LogP contribution in [0.2, 0.25) is 0 Å². The van der Waals surface area contributed by atoms with Crippen molar-refractivity contribution in [1.82, 2.24) is 9.62 Å². The molecule has 1 aliphatic rings. The lowest BCUT2D eigenvalue weighted by Gasteiger charge is -2.30. The molecule has 1 unspecified atom stereocenters. The zero-order valence-electron chi connectivity index (χ0n) is 12.0. The molecule has 20 heavy (non-hydrogen) atoms. The quantitative estimate of drug-likeness (QED) is 0.854. The SMILES string of the molecule is CCOC1CCCN(S(=O)(=O)c2ccc(CNC)o2)C1. The largest absolute Gasteiger partial charge is 0.447 e. The van der Waals surface area contributed by atoms with Crippen LogP contribution in [-0.4, -0.2) is 45.6 Å². The highest BCUT2D eigenvalue weighted by atomic mass is 32.2. The number of sulfonamides is 1. The van der Waals surface area contributed by atoms with Gasteiger partial charge < -0.3 is 14.5 Å². The van der Waals surface area contributed by atoms with Crippen molar-refractivity contribution in [2.45, 2.75) is 37.5 Å². The molecule has 0 saturated carbocycles. The van der Waals surface area contributed by atoms with E-state index in [0.717, 1.165) is 12.8 Å². The molecule has 0 aromatic carbocycles. The molecule has 7 heteroatoms. The Morgan fingerprint density at radius 3 is 3.00 bits per heavy atom. The molecule has 0 spiro atoms. The first-order chi connectivity index (χ1) is 9.57. The van der Waals surface area contributed by atoms with Gasteiger partial charge in [0, 0.05) is 19.7 Å². The second-order valence-corrected chi connectivity index (χ2v) is 6.70. The van der Waals surface area contributed by atoms with Crippen LogP contribution in [0.25, 0.3) is 0 Å². The first-order valence-electron chi connectivity index (χ1n) is 6.93. The molecule has 0 aliphatic carbocycles. The second kappa shape index (κ2) is 6.71. The molecule has 2 heterocycles. The fraction of sp³-hybridized carbons (Fsp3) is 0.692. The molecule has 1 saturated heterocycles. The molecule has 1 N–H and O–H groups in total. The molecule has 0 bridgehead atoms. The van der Waals surface area contributed by atoms with E-state index >= 15 is 0 Å². The minimum atomic E-state index is -3.55. The van der Waals surface area contributed by atoms with Gasteiger partial charge in [-0.3, -0.25) is 0 Å². The Morgan fingerprint density at radius 1 is 1.50 bits per heavy atom. The maximum atomic E-state index is 12.5. The van der Waals surface area contributed by atoms with E-state index in [9.17, 15) is 8.42 Å². The number of nitrogens with zero attached hydrogens (tertiary/aromatic N) is 1. The fourth-order valence-corrected chi connectivity index (χ4v) is 3.83. The molecule has 1 aliphatic heterocycles. The van der Waals surface area contributed by atoms with Gasteiger partial charge in [0.2, 0.25) is 5.09 Å². The van der Waals surface area contributed by atoms with Crippen LogP contribution in [0.5, 0.6) is 0 Å². The molecule has 6 nitrogen and oxygen atoms in total. The van der Waals surface area contributed by atoms with E-state index in [2.05, 4.69) is 5.32 Å². The van der Waals surface area contributed by atoms with Crippen molar-refractivity contribution in [2.24, 2.45) is 0 Å². The van der Waals surface area contributed by atoms with Gasteiger partial charge in [0.25, 0.3) is 10.0 Å². The number of furan rings is 1. The van der Waals surface area contributed by atoms with Gasteiger partial charge in [-0.1, -0.05) is 0 Å². The van der Waals surface area contributed by atoms with Crippen molar-refractivity contribution in [3.8, 4) is 0 Å². The van der Waals surface area contributed by atoms with Crippen LogP contribution in [0.15, 0.2) is 21.6 Å². The Labute approximate surface area is 120 Å². The second-order valence-electron chi connectivity index (χ2n) is 4.83. The van der Waals surface area contributed by atoms with E-state index in [-0.39, 0.29) is 11.2 Å². The predicted molar refractivity (Wildman–Crippen MR) is 74.9 cm³/mol. The molecular weight excluding hydrogens is 280 g/mol. The van der Waals surface area contributed by atoms with Crippen molar-refractivity contribution in [3.63, 3.8) is 0 Å². The summed E-state index contributed by atoms with van der Waals surface area (Å²) < 4.78 is 37.4. The van der Waals surface area contributed by atoms with Crippen molar-refractivity contribution in [1.29, 1.82) is 0 Å². The molecular formula is C13H22N2O4S. The third-order valence-electron chi connectivity index (χ3n) is 3.33. The van der Waals surface area contributed by atoms with Crippen LogP contribution >= 0.6 is 0 Å². The molecule has 0 amide bonds. The van der Waals surface area contributed by atoms with Crippen molar-refractivity contribution >= 4 is 10.0 Å². The maximum absolute atomic E-state index is 12.5. The summed E-state index contributed by atoms with van der Waals surface area (Å²) >= 11 is 0. The van der Waals surface area contributed by atoms with E-state index in [1.54, 1.807) is 13.1 Å². The highest BCUT2D eigenvalue weighted by Crippen LogP contribution is 2.23. The summed E-state index contributed by atoms with van der Waals surface area (Å²) in [6.07, 6.45) is 1.70. The normalized spacial score (nSPS) is 21.2. The Morgan fingerprint density at radius 2 is 2.30 bits per heavy atom. The van der Waals surface area contributed by atoms with Crippen LogP contribution in [0.3, 0.4) is 0 Å². The number of hydrogen-bond acceptors (Lipinski definition) is 5. The van der Waals surface area contributed by atoms with Crippen LogP contribution in [0.4, 0.5) is 0 Å². The van der Waals surface area contributed by atoms with Gasteiger partial charge in [-0.25, -0.2) is 8.42 Å². The lowest BCUT2D eigenvalue weighted by molar-refractivity contribution is 0.0262. The summed E-state index contributed by atoms with van der Waals surface area (Å²) in [4.78, 5) is 0. The van der Waals surface area contributed by atoms with Crippen LogP contribution in [0.1, 0.15) is 25.5 Å². The van der Waals surface area contributed by atoms with E-state index in [1.807, 2.05) is 6.92 Å². The lowest BCUT2D eigenvalue weighted by Crippen LogP contribution is -2.43. The van der Waals surface area contributed by atoms with E-state index < -0.39 is 10.0 Å². The van der Waals surface area contributed by atoms with E-state index in [1.165, 1.54) is 10.4 Å². The summed E-state index contributed by atoms with van der Waals surface area (Å²) in [6, 6.07) is 3.21. The van der Waals surface area contributed by atoms with Gasteiger partial charge >= 0.3 is 0 Å². The van der Waals surface area contributed by atoms with Crippen molar-refractivity contribution in [3.05, 3.63) is 17.9 Å². The van der Waals surface area contributed by atoms with Crippen molar-refractivity contribution < 1.29 is 17.6 Å². The Hall–Kier alpha value is -0.890. The summed E-state index contributed by atoms with van der Waals surface area (Å²) in [7, 11) is -1.77. The number of rotatable bonds is 6. The summed E-state index contributed by atoms with van der Waals surface area (Å²) in [6.45, 7) is 3.96. The maximum Gasteiger partial charge on any atom is 0.276 e. The molecule has 1 fully saturated rings. The first kappa shape index (κ1) is 15.5. The van der Waals surface area contributed by atoms with Gasteiger partial charge in [-0.2, -0.15) is 4.31 Å². The standard InChI is InChI=1S/C13H22N2O4S/c1-3-18-12-5-4-8-15(10-12)20(16,17)13-7-6-11(19-13)9-14-2/h6-7,12,14H,3-5,8-10H2,1-2H3. The summed E-state index contributed by atoms with van der Waals surface area (Å²) in [5.41, 5.74) is 0. The Kier molecular flexibility index (Phi) is 5.20. The predicted octanol–water partition coefficient (Wildman–Crippen LogP) is 1.19. The minimum Gasteiger partial charge on any atom is -0.447 e. The molecule has 1 aromatic heterocycles. The van der Waals surface area contributed by atoms with Crippen LogP contribution in [0, 0.1) is 0 Å². The topological polar surface area (TPSA) is 71.8 Å². The van der Waals surface area contributed by atoms with Crippen molar-refractivity contribution in [2.75, 3.05) is 26.7 Å². The number of hydrogen-bond donors (Lipinski definition) is 1. The van der Waals surface area contributed by atoms with E-state index in [0.29, 0.717) is 32.0 Å². The number of piperidine rings is 1. The van der Waals surface area contributed by atoms with Gasteiger partial charge in [0.05, 0.1) is 12.6 Å². The molecule has 1 atom stereocenters. The lowest BCUT2D eigenvalue weighted by atomic mass is 10.1. The zero-order valence-corrected chi connectivity index (χ0v) is 12.8. The molecule has 2 rings (SSSR count). The molecule has 0 radical (unpaired) electrons. The average molecular weight is 302 g/mol. The van der Waals surface area contributed by atoms with Gasteiger partial charge in [-0.15, -0.1) is 0 Å². The molecule has 114 valence electrons. The first-order valence-corrected chi connectivity index (χ1v) is 8.37. The minimum absolute atomic E-state index is 0.0138. The third kappa shape index (κ3) is 3.41. The number of ether oxygens (including phenoxy) is 1. The average Bonchev–Trinajstić information content (AvgIpc) is 2.89. The van der Waals surface area contributed by atoms with Gasteiger partial charge in [0.15, 0.2) is 0 Å². The van der Waals surface area contributed by atoms with E-state index in [4.69, 9.17) is 9.15 Å². The third-order valence-corrected chi connectivity index (χ3v) is 5.06. The van der Waals surface area contributed by atoms with Gasteiger partial charge in [-0.05, 0) is 38.9 Å². The zero-order chi connectivity index (χ0) is 14.6. The van der Waals surface area contributed by atoms with Crippen LogP contribution in [-0.2, 0) is 21.3 Å². The summed E-state index contributed by atoms with van der Waals surface area (Å²) in [5, 5.41) is 2.94. The highest BCUT2D eigenvalue weighted by molar-refractivity contribution is 7.89. The Bertz CT molecular complexity index is 524. The van der Waals surface area contributed by atoms with Crippen LogP contribution < -0.4 is 5.32 Å². The monoisotopic (exact) mass is 302 g/mol. The number of nitrogens with one attached hydrogen (secondary N) is 1. The summed E-state index contributed by atoms with van der Waals surface area (Å²) in [5.74, 6) is 0.615. The Balaban J connectivity index is 2.12. The van der Waals surface area contributed by atoms with Gasteiger partial charge in [0.1, 0.15) is 5.76 Å².